The molecule has 0 aromatic heterocycles. The second-order valence-corrected chi connectivity index (χ2v) is 4.44. The van der Waals surface area contributed by atoms with Crippen LogP contribution < -0.4 is 4.74 Å². The zero-order valence-corrected chi connectivity index (χ0v) is 9.43. The quantitative estimate of drug-likeness (QED) is 0.839. The monoisotopic (exact) mass is 214 g/mol. The molecule has 14 heavy (non-hydrogen) atoms. The van der Waals surface area contributed by atoms with Crippen LogP contribution >= 0.6 is 11.6 Å². The summed E-state index contributed by atoms with van der Waals surface area (Å²) >= 11 is 5.92. The van der Waals surface area contributed by atoms with Gasteiger partial charge < -0.3 is 9.84 Å². The molecule has 1 rings (SSSR count). The molecule has 1 aromatic carbocycles. The third-order valence-corrected chi connectivity index (χ3v) is 1.98. The summed E-state index contributed by atoms with van der Waals surface area (Å²) < 4.78 is 5.40. The lowest BCUT2D eigenvalue weighted by atomic mass is 10.1. The average molecular weight is 215 g/mol. The van der Waals surface area contributed by atoms with Crippen molar-refractivity contribution in [3.63, 3.8) is 0 Å². The van der Waals surface area contributed by atoms with Crippen molar-refractivity contribution in [3.8, 4) is 5.75 Å². The molecule has 0 radical (unpaired) electrons. The zero-order chi connectivity index (χ0) is 10.8. The largest absolute Gasteiger partial charge is 0.489 e. The molecule has 0 saturated heterocycles. The Hall–Kier alpha value is -0.730. The molecule has 78 valence electrons. The fraction of sp³-hybridized carbons (Fsp3) is 0.455. The predicted molar refractivity (Wildman–Crippen MR) is 58.0 cm³/mol. The Balaban J connectivity index is 2.72. The summed E-state index contributed by atoms with van der Waals surface area (Å²) in [6.07, 6.45) is 0. The molecule has 0 aliphatic heterocycles. The highest BCUT2D eigenvalue weighted by atomic mass is 35.5. The number of hydrogen-bond acceptors (Lipinski definition) is 2. The van der Waals surface area contributed by atoms with Crippen LogP contribution in [0.3, 0.4) is 0 Å². The highest BCUT2D eigenvalue weighted by Crippen LogP contribution is 2.25. The van der Waals surface area contributed by atoms with Gasteiger partial charge in [0.25, 0.3) is 0 Å². The van der Waals surface area contributed by atoms with Crippen LogP contribution in [0.5, 0.6) is 5.75 Å². The van der Waals surface area contributed by atoms with Crippen molar-refractivity contribution < 1.29 is 9.84 Å². The molecule has 2 nitrogen and oxygen atoms in total. The third-order valence-electron chi connectivity index (χ3n) is 1.67. The average Bonchev–Trinajstić information content (AvgIpc) is 2.05. The number of hydrogen-bond donors (Lipinski definition) is 1. The van der Waals surface area contributed by atoms with Crippen LogP contribution in [-0.2, 0) is 0 Å². The van der Waals surface area contributed by atoms with Gasteiger partial charge >= 0.3 is 0 Å². The lowest BCUT2D eigenvalue weighted by molar-refractivity contribution is 0.0285. The first-order valence-electron chi connectivity index (χ1n) is 4.50. The van der Waals surface area contributed by atoms with Crippen molar-refractivity contribution in [2.45, 2.75) is 26.4 Å². The smallest absolute Gasteiger partial charge is 0.138 e. The fourth-order valence-corrected chi connectivity index (χ4v) is 1.15. The van der Waals surface area contributed by atoms with E-state index in [9.17, 15) is 5.11 Å². The number of halogens is 1. The summed E-state index contributed by atoms with van der Waals surface area (Å²) in [4.78, 5) is 0. The summed E-state index contributed by atoms with van der Waals surface area (Å²) in [5.41, 5.74) is 0.243. The molecular weight excluding hydrogens is 200 g/mol. The van der Waals surface area contributed by atoms with E-state index in [1.165, 1.54) is 0 Å². The number of ether oxygens (including phenoxy) is 1. The van der Waals surface area contributed by atoms with Crippen molar-refractivity contribution in [2.75, 3.05) is 6.61 Å². The van der Waals surface area contributed by atoms with Gasteiger partial charge in [0, 0.05) is 0 Å². The maximum Gasteiger partial charge on any atom is 0.138 e. The van der Waals surface area contributed by atoms with Crippen molar-refractivity contribution in [3.05, 3.63) is 28.8 Å². The molecule has 0 unspecified atom stereocenters. The van der Waals surface area contributed by atoms with E-state index in [4.69, 9.17) is 16.3 Å². The Labute approximate surface area is 89.5 Å². The van der Waals surface area contributed by atoms with Gasteiger partial charge in [-0.1, -0.05) is 17.7 Å². The normalized spacial score (nSPS) is 11.5. The second-order valence-electron chi connectivity index (χ2n) is 4.03. The van der Waals surface area contributed by atoms with Crippen molar-refractivity contribution >= 4 is 11.6 Å². The highest BCUT2D eigenvalue weighted by Gasteiger charge is 2.14. The van der Waals surface area contributed by atoms with Crippen LogP contribution in [0.25, 0.3) is 0 Å². The van der Waals surface area contributed by atoms with Gasteiger partial charge in [-0.15, -0.1) is 0 Å². The maximum absolute atomic E-state index is 9.47. The van der Waals surface area contributed by atoms with Crippen molar-refractivity contribution in [1.82, 2.24) is 0 Å². The van der Waals surface area contributed by atoms with E-state index in [1.807, 2.05) is 19.1 Å². The molecule has 0 aliphatic rings. The van der Waals surface area contributed by atoms with Gasteiger partial charge in [0.1, 0.15) is 12.4 Å². The van der Waals surface area contributed by atoms with Crippen LogP contribution in [0.4, 0.5) is 0 Å². The Morgan fingerprint density at radius 1 is 1.43 bits per heavy atom. The lowest BCUT2D eigenvalue weighted by Gasteiger charge is -2.18. The minimum Gasteiger partial charge on any atom is -0.489 e. The van der Waals surface area contributed by atoms with E-state index in [1.54, 1.807) is 19.9 Å². The standard InChI is InChI=1S/C11H15ClO2/c1-8-4-5-9(12)10(6-8)14-7-11(2,3)13/h4-6,13H,7H2,1-3H3. The predicted octanol–water partition coefficient (Wildman–Crippen LogP) is 2.80. The molecule has 3 heteroatoms. The Kier molecular flexibility index (Phi) is 3.40. The van der Waals surface area contributed by atoms with Crippen LogP contribution in [0.2, 0.25) is 5.02 Å². The van der Waals surface area contributed by atoms with E-state index < -0.39 is 5.60 Å². The minimum absolute atomic E-state index is 0.232. The summed E-state index contributed by atoms with van der Waals surface area (Å²) in [5.74, 6) is 0.619. The van der Waals surface area contributed by atoms with Gasteiger partial charge in [-0.25, -0.2) is 0 Å². The first kappa shape index (κ1) is 11.3. The molecule has 0 atom stereocenters. The highest BCUT2D eigenvalue weighted by molar-refractivity contribution is 6.32. The molecule has 0 amide bonds. The van der Waals surface area contributed by atoms with Gasteiger partial charge in [0.05, 0.1) is 10.6 Å². The Morgan fingerprint density at radius 3 is 2.64 bits per heavy atom. The number of aliphatic hydroxyl groups is 1. The molecular formula is C11H15ClO2. The van der Waals surface area contributed by atoms with Crippen LogP contribution in [0, 0.1) is 6.92 Å². The third kappa shape index (κ3) is 3.56. The van der Waals surface area contributed by atoms with E-state index in [0.717, 1.165) is 5.56 Å². The van der Waals surface area contributed by atoms with Crippen LogP contribution in [0.15, 0.2) is 18.2 Å². The van der Waals surface area contributed by atoms with Gasteiger partial charge in [0.2, 0.25) is 0 Å². The molecule has 0 saturated carbocycles. The van der Waals surface area contributed by atoms with Gasteiger partial charge in [-0.3, -0.25) is 0 Å². The molecule has 0 aliphatic carbocycles. The van der Waals surface area contributed by atoms with E-state index in [-0.39, 0.29) is 6.61 Å². The van der Waals surface area contributed by atoms with Gasteiger partial charge in [-0.05, 0) is 38.5 Å². The molecule has 0 spiro atoms. The van der Waals surface area contributed by atoms with Crippen LogP contribution in [0.1, 0.15) is 19.4 Å². The molecule has 1 aromatic rings. The first-order valence-corrected chi connectivity index (χ1v) is 4.87. The molecule has 1 N–H and O–H groups in total. The van der Waals surface area contributed by atoms with Gasteiger partial charge in [-0.2, -0.15) is 0 Å². The maximum atomic E-state index is 9.47. The van der Waals surface area contributed by atoms with E-state index >= 15 is 0 Å². The summed E-state index contributed by atoms with van der Waals surface area (Å²) in [6, 6.07) is 5.56. The Bertz CT molecular complexity index is 316. The van der Waals surface area contributed by atoms with Crippen molar-refractivity contribution in [2.24, 2.45) is 0 Å². The van der Waals surface area contributed by atoms with Gasteiger partial charge in [0.15, 0.2) is 0 Å². The lowest BCUT2D eigenvalue weighted by Crippen LogP contribution is -2.27. The summed E-state index contributed by atoms with van der Waals surface area (Å²) in [5, 5.41) is 10.0. The number of aryl methyl sites for hydroxylation is 1. The second kappa shape index (κ2) is 4.20. The number of benzene rings is 1. The Morgan fingerprint density at radius 2 is 2.07 bits per heavy atom. The topological polar surface area (TPSA) is 29.5 Å². The first-order chi connectivity index (χ1) is 6.38. The fourth-order valence-electron chi connectivity index (χ4n) is 0.976. The number of rotatable bonds is 3. The van der Waals surface area contributed by atoms with E-state index in [0.29, 0.717) is 10.8 Å². The summed E-state index contributed by atoms with van der Waals surface area (Å²) in [7, 11) is 0. The summed E-state index contributed by atoms with van der Waals surface area (Å²) in [6.45, 7) is 5.58. The molecule has 0 bridgehead atoms. The van der Waals surface area contributed by atoms with Crippen LogP contribution in [-0.4, -0.2) is 17.3 Å². The molecule has 0 fully saturated rings. The van der Waals surface area contributed by atoms with Crippen molar-refractivity contribution in [1.29, 1.82) is 0 Å². The van der Waals surface area contributed by atoms with E-state index in [2.05, 4.69) is 0 Å². The SMILES string of the molecule is Cc1ccc(Cl)c(OCC(C)(C)O)c1. The molecule has 0 heterocycles. The zero-order valence-electron chi connectivity index (χ0n) is 8.67. The minimum atomic E-state index is -0.840.